The number of aliphatic hydroxyl groups is 1. The van der Waals surface area contributed by atoms with E-state index in [0.717, 1.165) is 30.1 Å². The first-order valence-corrected chi connectivity index (χ1v) is 13.1. The monoisotopic (exact) mass is 410 g/mol. The van der Waals surface area contributed by atoms with E-state index < -0.39 is 0 Å². The molecule has 1 N–H and O–H groups in total. The van der Waals surface area contributed by atoms with Crippen LogP contribution in [0.5, 0.6) is 0 Å². The van der Waals surface area contributed by atoms with Crippen molar-refractivity contribution in [1.82, 2.24) is 0 Å². The van der Waals surface area contributed by atoms with Gasteiger partial charge < -0.3 is 5.11 Å². The van der Waals surface area contributed by atoms with Crippen LogP contribution >= 0.6 is 0 Å². The second-order valence-electron chi connectivity index (χ2n) is 12.2. The van der Waals surface area contributed by atoms with Crippen molar-refractivity contribution in [2.24, 2.45) is 52.3 Å². The van der Waals surface area contributed by atoms with E-state index in [1.807, 2.05) is 5.57 Å². The van der Waals surface area contributed by atoms with Crippen LogP contribution in [0.15, 0.2) is 11.6 Å². The summed E-state index contributed by atoms with van der Waals surface area (Å²) in [5.41, 5.74) is 2.91. The van der Waals surface area contributed by atoms with Crippen LogP contribution in [0.25, 0.3) is 0 Å². The van der Waals surface area contributed by atoms with Gasteiger partial charge in [-0.3, -0.25) is 0 Å². The number of rotatable bonds is 4. The van der Waals surface area contributed by atoms with Gasteiger partial charge in [-0.05, 0) is 91.8 Å². The molecular weight excluding hydrogens is 364 g/mol. The summed E-state index contributed by atoms with van der Waals surface area (Å²) in [5.74, 6) is 12.0. The molecule has 1 nitrogen and oxygen atoms in total. The Kier molecular flexibility index (Phi) is 6.48. The zero-order chi connectivity index (χ0) is 21.5. The van der Waals surface area contributed by atoms with E-state index in [1.54, 1.807) is 0 Å². The Morgan fingerprint density at radius 1 is 0.967 bits per heavy atom. The molecule has 0 radical (unpaired) electrons. The minimum absolute atomic E-state index is 0.254. The Bertz CT molecular complexity index is 708. The van der Waals surface area contributed by atoms with Gasteiger partial charge in [-0.25, -0.2) is 0 Å². The Morgan fingerprint density at radius 2 is 1.73 bits per heavy atom. The SMILES string of the molecule is CC(C)[C@H](C#C[C@@H](C)[C@H]1CC[C@H]2C3=CCC4CCCC[C@]4(C)[C@H]3CC[C@]12C)CCO. The van der Waals surface area contributed by atoms with Crippen LogP contribution in [-0.2, 0) is 0 Å². The maximum atomic E-state index is 9.40. The van der Waals surface area contributed by atoms with Crippen molar-refractivity contribution in [3.05, 3.63) is 11.6 Å². The van der Waals surface area contributed by atoms with Gasteiger partial charge in [0.2, 0.25) is 0 Å². The van der Waals surface area contributed by atoms with Crippen LogP contribution < -0.4 is 0 Å². The molecular formula is C29H46O. The predicted molar refractivity (Wildman–Crippen MR) is 127 cm³/mol. The highest BCUT2D eigenvalue weighted by Gasteiger charge is 2.57. The highest BCUT2D eigenvalue weighted by Crippen LogP contribution is 2.66. The lowest BCUT2D eigenvalue weighted by Gasteiger charge is -2.57. The Hall–Kier alpha value is -0.740. The normalized spacial score (nSPS) is 42.3. The lowest BCUT2D eigenvalue weighted by atomic mass is 9.48. The maximum absolute atomic E-state index is 9.40. The third-order valence-electron chi connectivity index (χ3n) is 10.4. The molecule has 0 heterocycles. The highest BCUT2D eigenvalue weighted by molar-refractivity contribution is 5.28. The van der Waals surface area contributed by atoms with E-state index in [9.17, 15) is 5.11 Å². The van der Waals surface area contributed by atoms with Crippen LogP contribution in [0.2, 0.25) is 0 Å². The average Bonchev–Trinajstić information content (AvgIpc) is 3.07. The van der Waals surface area contributed by atoms with Gasteiger partial charge in [-0.1, -0.05) is 71.0 Å². The van der Waals surface area contributed by atoms with Crippen molar-refractivity contribution in [3.63, 3.8) is 0 Å². The van der Waals surface area contributed by atoms with Crippen molar-refractivity contribution in [2.75, 3.05) is 6.61 Å². The van der Waals surface area contributed by atoms with Crippen LogP contribution in [-0.4, -0.2) is 11.7 Å². The summed E-state index contributed by atoms with van der Waals surface area (Å²) in [7, 11) is 0. The number of hydrogen-bond donors (Lipinski definition) is 1. The predicted octanol–water partition coefficient (Wildman–Crippen LogP) is 7.25. The molecule has 8 atom stereocenters. The van der Waals surface area contributed by atoms with Gasteiger partial charge in [0.25, 0.3) is 0 Å². The second kappa shape index (κ2) is 8.65. The third kappa shape index (κ3) is 3.70. The molecule has 0 aromatic carbocycles. The highest BCUT2D eigenvalue weighted by atomic mass is 16.3. The van der Waals surface area contributed by atoms with E-state index in [4.69, 9.17) is 0 Å². The second-order valence-corrected chi connectivity index (χ2v) is 12.2. The lowest BCUT2D eigenvalue weighted by molar-refractivity contribution is -0.00437. The fourth-order valence-corrected chi connectivity index (χ4v) is 8.46. The largest absolute Gasteiger partial charge is 0.396 e. The molecule has 0 aliphatic heterocycles. The van der Waals surface area contributed by atoms with Crippen LogP contribution in [0, 0.1) is 64.1 Å². The number of allylic oxidation sites excluding steroid dienone is 2. The molecule has 3 saturated carbocycles. The van der Waals surface area contributed by atoms with Gasteiger partial charge >= 0.3 is 0 Å². The number of aliphatic hydroxyl groups excluding tert-OH is 1. The lowest BCUT2D eigenvalue weighted by Crippen LogP contribution is -2.48. The topological polar surface area (TPSA) is 20.2 Å². The molecule has 4 aliphatic rings. The minimum atomic E-state index is 0.254. The Balaban J connectivity index is 1.53. The number of hydrogen-bond acceptors (Lipinski definition) is 1. The summed E-state index contributed by atoms with van der Waals surface area (Å²) < 4.78 is 0. The fraction of sp³-hybridized carbons (Fsp3) is 0.862. The molecule has 1 unspecified atom stereocenters. The Labute approximate surface area is 186 Å². The molecule has 1 heteroatoms. The van der Waals surface area contributed by atoms with Crippen molar-refractivity contribution >= 4 is 0 Å². The standard InChI is InChI=1S/C29H46O/c1-20(2)22(16-19-30)10-9-21(3)25-13-14-26-24-12-11-23-8-6-7-17-28(23,4)27(24)15-18-29(25,26)5/h12,20-23,25-27,30H,6-8,11,13-19H2,1-5H3/t21-,22-,23?,25-,26+,27+,28+,29-/m1/s1. The Morgan fingerprint density at radius 3 is 2.47 bits per heavy atom. The zero-order valence-electron chi connectivity index (χ0n) is 20.3. The fourth-order valence-electron chi connectivity index (χ4n) is 8.46. The quantitative estimate of drug-likeness (QED) is 0.382. The van der Waals surface area contributed by atoms with Crippen molar-refractivity contribution in [3.8, 4) is 11.8 Å². The van der Waals surface area contributed by atoms with E-state index in [0.29, 0.717) is 28.6 Å². The molecule has 0 aromatic rings. The van der Waals surface area contributed by atoms with Crippen molar-refractivity contribution < 1.29 is 5.11 Å². The third-order valence-corrected chi connectivity index (χ3v) is 10.4. The van der Waals surface area contributed by atoms with E-state index in [1.165, 1.54) is 57.8 Å². The van der Waals surface area contributed by atoms with E-state index in [-0.39, 0.29) is 6.61 Å². The van der Waals surface area contributed by atoms with Gasteiger partial charge in [-0.2, -0.15) is 0 Å². The van der Waals surface area contributed by atoms with Gasteiger partial charge in [-0.15, -0.1) is 0 Å². The van der Waals surface area contributed by atoms with Gasteiger partial charge in [0.15, 0.2) is 0 Å². The summed E-state index contributed by atoms with van der Waals surface area (Å²) in [4.78, 5) is 0. The van der Waals surface area contributed by atoms with Crippen molar-refractivity contribution in [1.29, 1.82) is 0 Å². The smallest absolute Gasteiger partial charge is 0.0442 e. The van der Waals surface area contributed by atoms with Gasteiger partial charge in [0.05, 0.1) is 0 Å². The first-order chi connectivity index (χ1) is 14.3. The van der Waals surface area contributed by atoms with E-state index >= 15 is 0 Å². The van der Waals surface area contributed by atoms with Crippen molar-refractivity contribution in [2.45, 2.75) is 98.8 Å². The molecule has 4 rings (SSSR count). The molecule has 0 aromatic heterocycles. The zero-order valence-corrected chi connectivity index (χ0v) is 20.3. The molecule has 0 amide bonds. The first kappa shape index (κ1) is 22.5. The molecule has 168 valence electrons. The van der Waals surface area contributed by atoms with Gasteiger partial charge in [0.1, 0.15) is 0 Å². The summed E-state index contributed by atoms with van der Waals surface area (Å²) in [5, 5.41) is 9.40. The molecule has 0 spiro atoms. The summed E-state index contributed by atoms with van der Waals surface area (Å²) in [6.07, 6.45) is 16.3. The maximum Gasteiger partial charge on any atom is 0.0442 e. The first-order valence-electron chi connectivity index (χ1n) is 13.1. The van der Waals surface area contributed by atoms with E-state index in [2.05, 4.69) is 52.5 Å². The van der Waals surface area contributed by atoms with Crippen LogP contribution in [0.3, 0.4) is 0 Å². The molecule has 0 saturated heterocycles. The summed E-state index contributed by atoms with van der Waals surface area (Å²) >= 11 is 0. The number of fused-ring (bicyclic) bond motifs is 5. The molecule has 3 fully saturated rings. The minimum Gasteiger partial charge on any atom is -0.396 e. The van der Waals surface area contributed by atoms with Crippen LogP contribution in [0.4, 0.5) is 0 Å². The molecule has 0 bridgehead atoms. The summed E-state index contributed by atoms with van der Waals surface area (Å²) in [6.45, 7) is 12.4. The average molecular weight is 411 g/mol. The van der Waals surface area contributed by atoms with Crippen LogP contribution in [0.1, 0.15) is 98.8 Å². The molecule has 30 heavy (non-hydrogen) atoms. The summed E-state index contributed by atoms with van der Waals surface area (Å²) in [6, 6.07) is 0. The molecule has 4 aliphatic carbocycles. The van der Waals surface area contributed by atoms with Gasteiger partial charge in [0, 0.05) is 18.4 Å².